The Balaban J connectivity index is 3.24. The summed E-state index contributed by atoms with van der Waals surface area (Å²) in [6.07, 6.45) is 0. The summed E-state index contributed by atoms with van der Waals surface area (Å²) >= 11 is 0. The van der Waals surface area contributed by atoms with E-state index in [0.717, 1.165) is 5.71 Å². The van der Waals surface area contributed by atoms with Gasteiger partial charge in [0.05, 0.1) is 21.1 Å². The van der Waals surface area contributed by atoms with Crippen molar-refractivity contribution in [3.8, 4) is 0 Å². The predicted molar refractivity (Wildman–Crippen MR) is 70.5 cm³/mol. The summed E-state index contributed by atoms with van der Waals surface area (Å²) in [5.41, 5.74) is 2.43. The molecule has 0 spiro atoms. The number of benzene rings is 1. The van der Waals surface area contributed by atoms with E-state index in [4.69, 9.17) is 5.10 Å². The Bertz CT molecular complexity index is 364. The molecule has 2 nitrogen and oxygen atoms in total. The van der Waals surface area contributed by atoms with Crippen LogP contribution in [0.25, 0.3) is 0 Å². The normalized spacial score (nSPS) is 14.0. The molecule has 0 atom stereocenters. The highest BCUT2D eigenvalue weighted by Gasteiger charge is 2.24. The Morgan fingerprint density at radius 2 is 1.50 bits per heavy atom. The molecule has 0 saturated carbocycles. The molecule has 0 heterocycles. The quantitative estimate of drug-likeness (QED) is 0.411. The molecule has 0 aliphatic carbocycles. The van der Waals surface area contributed by atoms with Crippen molar-refractivity contribution in [1.29, 1.82) is 0 Å². The lowest BCUT2D eigenvalue weighted by Gasteiger charge is -2.25. The molecule has 0 aliphatic heterocycles. The highest BCUT2D eigenvalue weighted by atomic mass is 15.6. The molecule has 0 aromatic heterocycles. The van der Waals surface area contributed by atoms with Gasteiger partial charge in [0.15, 0.2) is 0 Å². The van der Waals surface area contributed by atoms with Crippen molar-refractivity contribution in [2.45, 2.75) is 20.8 Å². The van der Waals surface area contributed by atoms with E-state index in [2.05, 4.69) is 66.2 Å². The fourth-order valence-corrected chi connectivity index (χ4v) is 1.54. The molecular weight excluding hydrogens is 196 g/mol. The molecule has 0 N–H and O–H groups in total. The zero-order valence-corrected chi connectivity index (χ0v) is 11.3. The van der Waals surface area contributed by atoms with Gasteiger partial charge < -0.3 is 0 Å². The fraction of sp³-hybridized carbons (Fsp3) is 0.500. The first kappa shape index (κ1) is 12.9. The van der Waals surface area contributed by atoms with E-state index in [9.17, 15) is 0 Å². The second-order valence-corrected chi connectivity index (χ2v) is 6.01. The summed E-state index contributed by atoms with van der Waals surface area (Å²) in [5.74, 6) is 0. The van der Waals surface area contributed by atoms with E-state index in [0.29, 0.717) is 4.59 Å². The molecule has 1 aromatic rings. The fourth-order valence-electron chi connectivity index (χ4n) is 1.54. The number of nitrogens with zero attached hydrogens (tertiary/aromatic N) is 2. The van der Waals surface area contributed by atoms with Crippen LogP contribution in [-0.4, -0.2) is 31.4 Å². The van der Waals surface area contributed by atoms with Crippen molar-refractivity contribution in [2.24, 2.45) is 10.5 Å². The van der Waals surface area contributed by atoms with E-state index in [1.807, 2.05) is 6.07 Å². The van der Waals surface area contributed by atoms with E-state index >= 15 is 0 Å². The van der Waals surface area contributed by atoms with E-state index in [-0.39, 0.29) is 5.41 Å². The van der Waals surface area contributed by atoms with Gasteiger partial charge in [-0.15, -0.1) is 0 Å². The highest BCUT2D eigenvalue weighted by molar-refractivity contribution is 6.03. The number of hydrogen-bond donors (Lipinski definition) is 0. The first-order chi connectivity index (χ1) is 7.20. The van der Waals surface area contributed by atoms with Gasteiger partial charge in [-0.1, -0.05) is 56.2 Å². The van der Waals surface area contributed by atoms with Crippen molar-refractivity contribution in [2.75, 3.05) is 21.1 Å². The van der Waals surface area contributed by atoms with Crippen LogP contribution in [0.15, 0.2) is 35.4 Å². The lowest BCUT2D eigenvalue weighted by atomic mass is 9.85. The molecule has 0 saturated heterocycles. The Labute approximate surface area is 99.2 Å². The van der Waals surface area contributed by atoms with Crippen LogP contribution in [0, 0.1) is 5.41 Å². The monoisotopic (exact) mass is 219 g/mol. The highest BCUT2D eigenvalue weighted by Crippen LogP contribution is 2.23. The van der Waals surface area contributed by atoms with Crippen molar-refractivity contribution in [3.63, 3.8) is 0 Å². The van der Waals surface area contributed by atoms with Gasteiger partial charge in [-0.25, -0.2) is 4.59 Å². The Morgan fingerprint density at radius 3 is 1.88 bits per heavy atom. The lowest BCUT2D eigenvalue weighted by Crippen LogP contribution is -2.33. The van der Waals surface area contributed by atoms with E-state index in [1.54, 1.807) is 0 Å². The predicted octanol–water partition coefficient (Wildman–Crippen LogP) is 3.14. The Kier molecular flexibility index (Phi) is 3.54. The average molecular weight is 219 g/mol. The summed E-state index contributed by atoms with van der Waals surface area (Å²) in [5, 5.41) is 4.80. The maximum atomic E-state index is 4.80. The third-order valence-electron chi connectivity index (χ3n) is 2.16. The van der Waals surface area contributed by atoms with Crippen LogP contribution in [0.4, 0.5) is 0 Å². The standard InChI is InChI=1S/C14H23N2/c1-14(2,3)13(15-16(4,5)6)12-10-8-7-9-11-12/h7-11H,1-6H3/q+1. The molecule has 1 rings (SSSR count). The summed E-state index contributed by atoms with van der Waals surface area (Å²) in [7, 11) is 6.23. The summed E-state index contributed by atoms with van der Waals surface area (Å²) in [4.78, 5) is 0. The third kappa shape index (κ3) is 3.78. The van der Waals surface area contributed by atoms with Crippen LogP contribution in [0.2, 0.25) is 0 Å². The minimum Gasteiger partial charge on any atom is -0.205 e. The molecule has 0 amide bonds. The number of rotatable bonds is 2. The van der Waals surface area contributed by atoms with Gasteiger partial charge in [0.2, 0.25) is 0 Å². The zero-order chi connectivity index (χ0) is 12.4. The van der Waals surface area contributed by atoms with Crippen molar-refractivity contribution in [3.05, 3.63) is 35.9 Å². The van der Waals surface area contributed by atoms with Crippen LogP contribution in [0.1, 0.15) is 26.3 Å². The molecular formula is C14H23N2+. The molecule has 16 heavy (non-hydrogen) atoms. The van der Waals surface area contributed by atoms with Gasteiger partial charge in [0.1, 0.15) is 5.71 Å². The van der Waals surface area contributed by atoms with Gasteiger partial charge in [0, 0.05) is 11.0 Å². The average Bonchev–Trinajstić information content (AvgIpc) is 2.13. The molecule has 1 aromatic carbocycles. The topological polar surface area (TPSA) is 12.4 Å². The summed E-state index contributed by atoms with van der Waals surface area (Å²) < 4.78 is 0.599. The minimum absolute atomic E-state index is 0.0624. The van der Waals surface area contributed by atoms with Crippen LogP contribution in [0.5, 0.6) is 0 Å². The van der Waals surface area contributed by atoms with Gasteiger partial charge in [0.25, 0.3) is 0 Å². The first-order valence-corrected chi connectivity index (χ1v) is 5.68. The largest absolute Gasteiger partial charge is 0.205 e. The maximum Gasteiger partial charge on any atom is 0.108 e. The van der Waals surface area contributed by atoms with Gasteiger partial charge in [-0.2, -0.15) is 0 Å². The maximum absolute atomic E-state index is 4.80. The molecule has 0 bridgehead atoms. The van der Waals surface area contributed by atoms with Gasteiger partial charge in [-0.05, 0) is 0 Å². The molecule has 0 aliphatic rings. The van der Waals surface area contributed by atoms with Crippen molar-refractivity contribution < 1.29 is 4.59 Å². The summed E-state index contributed by atoms with van der Waals surface area (Å²) in [6.45, 7) is 6.61. The van der Waals surface area contributed by atoms with Crippen LogP contribution < -0.4 is 0 Å². The second-order valence-electron chi connectivity index (χ2n) is 6.01. The second kappa shape index (κ2) is 4.38. The van der Waals surface area contributed by atoms with Crippen LogP contribution in [0.3, 0.4) is 0 Å². The third-order valence-corrected chi connectivity index (χ3v) is 2.16. The van der Waals surface area contributed by atoms with Crippen LogP contribution in [-0.2, 0) is 0 Å². The molecule has 0 radical (unpaired) electrons. The SMILES string of the molecule is CC(C)(C)C(=N[N+](C)(C)C)c1ccccc1. The molecule has 2 heteroatoms. The van der Waals surface area contributed by atoms with Gasteiger partial charge in [-0.3, -0.25) is 0 Å². The van der Waals surface area contributed by atoms with Crippen molar-refractivity contribution in [1.82, 2.24) is 0 Å². The molecule has 0 fully saturated rings. The number of hydrogen-bond acceptors (Lipinski definition) is 1. The molecule has 88 valence electrons. The summed E-state index contributed by atoms with van der Waals surface area (Å²) in [6, 6.07) is 10.4. The first-order valence-electron chi connectivity index (χ1n) is 5.68. The molecule has 0 unspecified atom stereocenters. The Morgan fingerprint density at radius 1 is 1.00 bits per heavy atom. The lowest BCUT2D eigenvalue weighted by molar-refractivity contribution is -0.877. The Hall–Kier alpha value is -1.15. The van der Waals surface area contributed by atoms with E-state index in [1.165, 1.54) is 5.56 Å². The minimum atomic E-state index is 0.0624. The van der Waals surface area contributed by atoms with Crippen LogP contribution >= 0.6 is 0 Å². The smallest absolute Gasteiger partial charge is 0.108 e. The van der Waals surface area contributed by atoms with E-state index < -0.39 is 0 Å². The number of quaternary nitrogens is 1. The van der Waals surface area contributed by atoms with Gasteiger partial charge >= 0.3 is 0 Å². The van der Waals surface area contributed by atoms with Crippen molar-refractivity contribution >= 4 is 5.71 Å². The zero-order valence-electron chi connectivity index (χ0n) is 11.3.